The molecule has 0 bridgehead atoms. The first-order chi connectivity index (χ1) is 5.22. The van der Waals surface area contributed by atoms with Crippen molar-refractivity contribution in [2.45, 2.75) is 31.9 Å². The number of rotatable bonds is 4. The Bertz CT molecular complexity index is 113. The number of hydrogen-bond acceptors (Lipinski definition) is 3. The summed E-state index contributed by atoms with van der Waals surface area (Å²) in [4.78, 5) is 0. The molecule has 0 aliphatic heterocycles. The van der Waals surface area contributed by atoms with E-state index in [1.54, 1.807) is 0 Å². The summed E-state index contributed by atoms with van der Waals surface area (Å²) < 4.78 is 0. The minimum absolute atomic E-state index is 0.144. The van der Waals surface area contributed by atoms with Crippen molar-refractivity contribution in [3.8, 4) is 0 Å². The first-order valence-corrected chi connectivity index (χ1v) is 4.24. The zero-order valence-corrected chi connectivity index (χ0v) is 6.95. The fraction of sp³-hybridized carbons (Fsp3) is 1.00. The summed E-state index contributed by atoms with van der Waals surface area (Å²) in [6.07, 6.45) is 1.82. The van der Waals surface area contributed by atoms with Crippen LogP contribution < -0.4 is 5.32 Å². The largest absolute Gasteiger partial charge is 0.394 e. The third-order valence-electron chi connectivity index (χ3n) is 2.23. The molecule has 1 fully saturated rings. The van der Waals surface area contributed by atoms with Crippen LogP contribution in [0.1, 0.15) is 19.8 Å². The van der Waals surface area contributed by atoms with Gasteiger partial charge in [-0.05, 0) is 18.8 Å². The molecule has 1 aliphatic carbocycles. The van der Waals surface area contributed by atoms with E-state index in [4.69, 9.17) is 10.2 Å². The standard InChI is InChI=1S/C8H17NO2/c1-6-2-7(3-6)9-4-8(11)5-10/h6-11H,2-5H2,1H3/t6?,7?,8-/m0/s1. The summed E-state index contributed by atoms with van der Waals surface area (Å²) in [5.74, 6) is 0.832. The third-order valence-corrected chi connectivity index (χ3v) is 2.23. The molecule has 11 heavy (non-hydrogen) atoms. The molecule has 3 N–H and O–H groups in total. The van der Waals surface area contributed by atoms with Crippen molar-refractivity contribution in [1.82, 2.24) is 5.32 Å². The Hall–Kier alpha value is -0.120. The van der Waals surface area contributed by atoms with E-state index < -0.39 is 6.10 Å². The predicted molar refractivity (Wildman–Crippen MR) is 43.3 cm³/mol. The molecular formula is C8H17NO2. The maximum Gasteiger partial charge on any atom is 0.0895 e. The molecule has 0 unspecified atom stereocenters. The van der Waals surface area contributed by atoms with Crippen LogP contribution in [0.15, 0.2) is 0 Å². The Morgan fingerprint density at radius 3 is 2.64 bits per heavy atom. The lowest BCUT2D eigenvalue weighted by atomic mass is 9.82. The van der Waals surface area contributed by atoms with E-state index in [-0.39, 0.29) is 6.61 Å². The van der Waals surface area contributed by atoms with Crippen LogP contribution in [0.25, 0.3) is 0 Å². The molecule has 0 radical (unpaired) electrons. The maximum absolute atomic E-state index is 8.98. The molecule has 1 atom stereocenters. The molecule has 3 heteroatoms. The van der Waals surface area contributed by atoms with Crippen LogP contribution in [0.2, 0.25) is 0 Å². The molecule has 0 aromatic rings. The lowest BCUT2D eigenvalue weighted by Gasteiger charge is -2.33. The first-order valence-electron chi connectivity index (χ1n) is 4.24. The highest BCUT2D eigenvalue weighted by atomic mass is 16.3. The molecule has 0 saturated heterocycles. The second kappa shape index (κ2) is 4.04. The van der Waals surface area contributed by atoms with Gasteiger partial charge in [0.05, 0.1) is 12.7 Å². The van der Waals surface area contributed by atoms with Crippen molar-refractivity contribution in [2.24, 2.45) is 5.92 Å². The zero-order chi connectivity index (χ0) is 8.27. The van der Waals surface area contributed by atoms with Gasteiger partial charge in [-0.2, -0.15) is 0 Å². The van der Waals surface area contributed by atoms with Crippen LogP contribution in [0.4, 0.5) is 0 Å². The van der Waals surface area contributed by atoms with E-state index in [1.165, 1.54) is 12.8 Å². The highest BCUT2D eigenvalue weighted by Crippen LogP contribution is 2.25. The van der Waals surface area contributed by atoms with Crippen LogP contribution in [0.5, 0.6) is 0 Å². The third kappa shape index (κ3) is 2.77. The van der Waals surface area contributed by atoms with E-state index in [0.717, 1.165) is 5.92 Å². The van der Waals surface area contributed by atoms with Crippen LogP contribution in [0, 0.1) is 5.92 Å². The Labute approximate surface area is 67.4 Å². The number of nitrogens with one attached hydrogen (secondary N) is 1. The van der Waals surface area contributed by atoms with Crippen LogP contribution in [-0.4, -0.2) is 35.5 Å². The fourth-order valence-corrected chi connectivity index (χ4v) is 1.44. The summed E-state index contributed by atoms with van der Waals surface area (Å²) in [5.41, 5.74) is 0. The van der Waals surface area contributed by atoms with Gasteiger partial charge in [0.25, 0.3) is 0 Å². The average molecular weight is 159 g/mol. The number of aliphatic hydroxyl groups is 2. The fourth-order valence-electron chi connectivity index (χ4n) is 1.44. The quantitative estimate of drug-likeness (QED) is 0.529. The molecule has 1 saturated carbocycles. The van der Waals surface area contributed by atoms with E-state index in [9.17, 15) is 0 Å². The van der Waals surface area contributed by atoms with Gasteiger partial charge in [-0.1, -0.05) is 6.92 Å². The average Bonchev–Trinajstić information content (AvgIpc) is 1.95. The van der Waals surface area contributed by atoms with Crippen LogP contribution in [0.3, 0.4) is 0 Å². The van der Waals surface area contributed by atoms with E-state index in [1.807, 2.05) is 0 Å². The van der Waals surface area contributed by atoms with E-state index in [0.29, 0.717) is 12.6 Å². The Morgan fingerprint density at radius 2 is 2.18 bits per heavy atom. The summed E-state index contributed by atoms with van der Waals surface area (Å²) in [7, 11) is 0. The van der Waals surface area contributed by atoms with E-state index >= 15 is 0 Å². The van der Waals surface area contributed by atoms with Gasteiger partial charge in [0.15, 0.2) is 0 Å². The second-order valence-electron chi connectivity index (χ2n) is 3.52. The Balaban J connectivity index is 1.96. The molecule has 66 valence electrons. The molecule has 0 amide bonds. The SMILES string of the molecule is CC1CC(NC[C@H](O)CO)C1. The maximum atomic E-state index is 8.98. The second-order valence-corrected chi connectivity index (χ2v) is 3.52. The van der Waals surface area contributed by atoms with Gasteiger partial charge in [-0.15, -0.1) is 0 Å². The van der Waals surface area contributed by atoms with Crippen molar-refractivity contribution in [2.75, 3.05) is 13.2 Å². The molecule has 0 heterocycles. The van der Waals surface area contributed by atoms with Gasteiger partial charge < -0.3 is 15.5 Å². The topological polar surface area (TPSA) is 52.5 Å². The van der Waals surface area contributed by atoms with Crippen molar-refractivity contribution in [1.29, 1.82) is 0 Å². The summed E-state index contributed by atoms with van der Waals surface area (Å²) in [5, 5.41) is 20.7. The van der Waals surface area contributed by atoms with Crippen molar-refractivity contribution < 1.29 is 10.2 Å². The van der Waals surface area contributed by atoms with Crippen molar-refractivity contribution in [3.05, 3.63) is 0 Å². The van der Waals surface area contributed by atoms with Gasteiger partial charge in [-0.25, -0.2) is 0 Å². The number of hydrogen-bond donors (Lipinski definition) is 3. The molecule has 0 aromatic heterocycles. The summed E-state index contributed by atoms with van der Waals surface area (Å²) >= 11 is 0. The molecule has 3 nitrogen and oxygen atoms in total. The molecule has 0 aromatic carbocycles. The summed E-state index contributed by atoms with van der Waals surface area (Å²) in [6.45, 7) is 2.60. The van der Waals surface area contributed by atoms with Gasteiger partial charge in [0.1, 0.15) is 0 Å². The molecule has 1 rings (SSSR count). The normalized spacial score (nSPS) is 33.0. The van der Waals surface area contributed by atoms with Crippen LogP contribution in [-0.2, 0) is 0 Å². The minimum atomic E-state index is -0.592. The molecule has 1 aliphatic rings. The van der Waals surface area contributed by atoms with Gasteiger partial charge in [0, 0.05) is 12.6 Å². The lowest BCUT2D eigenvalue weighted by Crippen LogP contribution is -2.44. The smallest absolute Gasteiger partial charge is 0.0895 e. The van der Waals surface area contributed by atoms with Gasteiger partial charge in [-0.3, -0.25) is 0 Å². The monoisotopic (exact) mass is 159 g/mol. The van der Waals surface area contributed by atoms with Crippen LogP contribution >= 0.6 is 0 Å². The zero-order valence-electron chi connectivity index (χ0n) is 6.95. The Morgan fingerprint density at radius 1 is 1.55 bits per heavy atom. The molecule has 0 spiro atoms. The van der Waals surface area contributed by atoms with Gasteiger partial charge in [0.2, 0.25) is 0 Å². The van der Waals surface area contributed by atoms with Gasteiger partial charge >= 0.3 is 0 Å². The predicted octanol–water partition coefficient (Wildman–Crippen LogP) is -0.272. The highest BCUT2D eigenvalue weighted by molar-refractivity contribution is 4.82. The Kier molecular flexibility index (Phi) is 3.30. The summed E-state index contributed by atoms with van der Waals surface area (Å²) in [6, 6.07) is 0.575. The lowest BCUT2D eigenvalue weighted by molar-refractivity contribution is 0.0851. The van der Waals surface area contributed by atoms with Crippen molar-refractivity contribution >= 4 is 0 Å². The highest BCUT2D eigenvalue weighted by Gasteiger charge is 2.24. The van der Waals surface area contributed by atoms with E-state index in [2.05, 4.69) is 12.2 Å². The van der Waals surface area contributed by atoms with Crippen molar-refractivity contribution in [3.63, 3.8) is 0 Å². The minimum Gasteiger partial charge on any atom is -0.394 e. The number of aliphatic hydroxyl groups excluding tert-OH is 2. The first kappa shape index (κ1) is 8.97. The molecular weight excluding hydrogens is 142 g/mol.